The van der Waals surface area contributed by atoms with E-state index in [4.69, 9.17) is 11.0 Å². The van der Waals surface area contributed by atoms with Gasteiger partial charge in [0.15, 0.2) is 0 Å². The van der Waals surface area contributed by atoms with Crippen LogP contribution in [0.2, 0.25) is 0 Å². The first-order valence-electron chi connectivity index (χ1n) is 5.07. The van der Waals surface area contributed by atoms with E-state index in [-0.39, 0.29) is 11.9 Å². The molecule has 1 unspecified atom stereocenters. The maximum absolute atomic E-state index is 11.9. The number of hydrogen-bond acceptors (Lipinski definition) is 3. The summed E-state index contributed by atoms with van der Waals surface area (Å²) >= 11 is 0. The van der Waals surface area contributed by atoms with E-state index < -0.39 is 0 Å². The van der Waals surface area contributed by atoms with Gasteiger partial charge in [0.25, 0.3) is 5.91 Å². The lowest BCUT2D eigenvalue weighted by Crippen LogP contribution is -2.39. The first-order valence-corrected chi connectivity index (χ1v) is 5.07. The van der Waals surface area contributed by atoms with Gasteiger partial charge in [-0.15, -0.1) is 0 Å². The van der Waals surface area contributed by atoms with Gasteiger partial charge in [0.2, 0.25) is 0 Å². The summed E-state index contributed by atoms with van der Waals surface area (Å²) in [7, 11) is 1.72. The van der Waals surface area contributed by atoms with E-state index in [9.17, 15) is 4.79 Å². The van der Waals surface area contributed by atoms with E-state index in [1.165, 1.54) is 0 Å². The molecule has 0 aliphatic carbocycles. The topological polar surface area (TPSA) is 70.1 Å². The lowest BCUT2D eigenvalue weighted by Gasteiger charge is -2.23. The number of hydrogen-bond donors (Lipinski definition) is 1. The molecule has 0 saturated heterocycles. The molecule has 16 heavy (non-hydrogen) atoms. The monoisotopic (exact) mass is 217 g/mol. The molecule has 1 amide bonds. The van der Waals surface area contributed by atoms with Crippen LogP contribution in [0.25, 0.3) is 0 Å². The van der Waals surface area contributed by atoms with Gasteiger partial charge in [0, 0.05) is 25.2 Å². The molecular formula is C12H15N3O. The average molecular weight is 217 g/mol. The number of likely N-dealkylation sites (N-methyl/N-ethyl adjacent to an activating group) is 1. The third-order valence-corrected chi connectivity index (χ3v) is 2.58. The molecule has 0 fully saturated rings. The molecule has 0 spiro atoms. The van der Waals surface area contributed by atoms with Crippen molar-refractivity contribution < 1.29 is 4.79 Å². The zero-order valence-corrected chi connectivity index (χ0v) is 9.47. The van der Waals surface area contributed by atoms with Gasteiger partial charge in [-0.3, -0.25) is 4.79 Å². The van der Waals surface area contributed by atoms with Gasteiger partial charge in [-0.1, -0.05) is 0 Å². The highest BCUT2D eigenvalue weighted by Gasteiger charge is 2.15. The number of nitrogens with two attached hydrogens (primary N) is 1. The van der Waals surface area contributed by atoms with E-state index in [2.05, 4.69) is 0 Å². The van der Waals surface area contributed by atoms with Gasteiger partial charge < -0.3 is 10.6 Å². The van der Waals surface area contributed by atoms with Crippen molar-refractivity contribution in [2.45, 2.75) is 13.0 Å². The number of carbonyl (C=O) groups excluding carboxylic acids is 1. The normalized spacial score (nSPS) is 11.6. The van der Waals surface area contributed by atoms with E-state index in [0.29, 0.717) is 17.7 Å². The molecule has 0 heterocycles. The number of amides is 1. The maximum atomic E-state index is 11.9. The molecule has 0 saturated carbocycles. The fraction of sp³-hybridized carbons (Fsp3) is 0.333. The Kier molecular flexibility index (Phi) is 4.03. The molecule has 4 heteroatoms. The molecule has 1 aromatic rings. The summed E-state index contributed by atoms with van der Waals surface area (Å²) < 4.78 is 0. The second-order valence-corrected chi connectivity index (χ2v) is 3.69. The number of benzene rings is 1. The Hall–Kier alpha value is -1.86. The van der Waals surface area contributed by atoms with Gasteiger partial charge in [-0.05, 0) is 31.2 Å². The summed E-state index contributed by atoms with van der Waals surface area (Å²) in [6.45, 7) is 2.32. The van der Waals surface area contributed by atoms with Crippen LogP contribution in [-0.4, -0.2) is 30.4 Å². The molecule has 0 aliphatic heterocycles. The maximum Gasteiger partial charge on any atom is 0.253 e. The zero-order chi connectivity index (χ0) is 12.1. The fourth-order valence-electron chi connectivity index (χ4n) is 1.25. The van der Waals surface area contributed by atoms with E-state index >= 15 is 0 Å². The lowest BCUT2D eigenvalue weighted by atomic mass is 10.1. The van der Waals surface area contributed by atoms with Gasteiger partial charge >= 0.3 is 0 Å². The van der Waals surface area contributed by atoms with E-state index in [1.807, 2.05) is 13.0 Å². The Balaban J connectivity index is 2.85. The number of carbonyl (C=O) groups is 1. The number of nitriles is 1. The highest BCUT2D eigenvalue weighted by atomic mass is 16.2. The molecule has 0 bridgehead atoms. The molecule has 1 aromatic carbocycles. The molecule has 2 N–H and O–H groups in total. The Bertz CT molecular complexity index is 405. The Morgan fingerprint density at radius 1 is 1.50 bits per heavy atom. The summed E-state index contributed by atoms with van der Waals surface area (Å²) in [5.41, 5.74) is 6.62. The summed E-state index contributed by atoms with van der Waals surface area (Å²) in [5.74, 6) is -0.0811. The van der Waals surface area contributed by atoms with Gasteiger partial charge in [-0.2, -0.15) is 5.26 Å². The molecule has 1 atom stereocenters. The van der Waals surface area contributed by atoms with Crippen LogP contribution in [0.3, 0.4) is 0 Å². The third-order valence-electron chi connectivity index (χ3n) is 2.58. The summed E-state index contributed by atoms with van der Waals surface area (Å²) in [5, 5.41) is 8.64. The highest BCUT2D eigenvalue weighted by Crippen LogP contribution is 2.08. The van der Waals surface area contributed by atoms with Gasteiger partial charge in [-0.25, -0.2) is 0 Å². The minimum Gasteiger partial charge on any atom is -0.338 e. The van der Waals surface area contributed by atoms with Crippen LogP contribution in [-0.2, 0) is 0 Å². The van der Waals surface area contributed by atoms with Crippen molar-refractivity contribution in [3.63, 3.8) is 0 Å². The fourth-order valence-corrected chi connectivity index (χ4v) is 1.25. The van der Waals surface area contributed by atoms with Crippen molar-refractivity contribution in [2.24, 2.45) is 5.73 Å². The molecule has 1 rings (SSSR count). The Morgan fingerprint density at radius 3 is 2.50 bits per heavy atom. The molecule has 0 aromatic heterocycles. The summed E-state index contributed by atoms with van der Waals surface area (Å²) in [6, 6.07) is 8.59. The van der Waals surface area contributed by atoms with Crippen LogP contribution in [0, 0.1) is 11.3 Å². The first kappa shape index (κ1) is 12.2. The predicted molar refractivity (Wildman–Crippen MR) is 61.8 cm³/mol. The summed E-state index contributed by atoms with van der Waals surface area (Å²) in [4.78, 5) is 13.5. The Labute approximate surface area is 95.3 Å². The van der Waals surface area contributed by atoms with E-state index in [1.54, 1.807) is 36.2 Å². The predicted octanol–water partition coefficient (Wildman–Crippen LogP) is 0.977. The second kappa shape index (κ2) is 5.29. The van der Waals surface area contributed by atoms with E-state index in [0.717, 1.165) is 0 Å². The quantitative estimate of drug-likeness (QED) is 0.820. The lowest BCUT2D eigenvalue weighted by molar-refractivity contribution is 0.0748. The average Bonchev–Trinajstić information content (AvgIpc) is 2.36. The van der Waals surface area contributed by atoms with Gasteiger partial charge in [0.05, 0.1) is 11.6 Å². The third kappa shape index (κ3) is 2.59. The summed E-state index contributed by atoms with van der Waals surface area (Å²) in [6.07, 6.45) is 0. The zero-order valence-electron chi connectivity index (χ0n) is 9.47. The molecule has 4 nitrogen and oxygen atoms in total. The smallest absolute Gasteiger partial charge is 0.253 e. The van der Waals surface area contributed by atoms with Crippen LogP contribution in [0.1, 0.15) is 22.8 Å². The minimum absolute atomic E-state index is 0.00291. The van der Waals surface area contributed by atoms with Crippen molar-refractivity contribution >= 4 is 5.91 Å². The second-order valence-electron chi connectivity index (χ2n) is 3.69. The van der Waals surface area contributed by atoms with Crippen LogP contribution in [0.5, 0.6) is 0 Å². The van der Waals surface area contributed by atoms with Crippen LogP contribution in [0.15, 0.2) is 24.3 Å². The number of rotatable bonds is 3. The highest BCUT2D eigenvalue weighted by molar-refractivity contribution is 5.94. The number of nitrogens with zero attached hydrogens (tertiary/aromatic N) is 2. The van der Waals surface area contributed by atoms with Crippen molar-refractivity contribution in [3.8, 4) is 6.07 Å². The molecule has 0 radical (unpaired) electrons. The standard InChI is InChI=1S/C12H15N3O/c1-9(7-13)15(2)12(16)11-5-3-10(8-14)4-6-11/h3-6,9H,7,13H2,1-2H3. The van der Waals surface area contributed by atoms with Crippen LogP contribution < -0.4 is 5.73 Å². The molecule has 84 valence electrons. The molecule has 0 aliphatic rings. The van der Waals surface area contributed by atoms with Gasteiger partial charge in [0.1, 0.15) is 0 Å². The van der Waals surface area contributed by atoms with Crippen molar-refractivity contribution in [2.75, 3.05) is 13.6 Å². The minimum atomic E-state index is -0.0811. The largest absolute Gasteiger partial charge is 0.338 e. The SMILES string of the molecule is CC(CN)N(C)C(=O)c1ccc(C#N)cc1. The van der Waals surface area contributed by atoms with Crippen LogP contribution in [0.4, 0.5) is 0 Å². The van der Waals surface area contributed by atoms with Crippen molar-refractivity contribution in [1.29, 1.82) is 5.26 Å². The first-order chi connectivity index (χ1) is 7.60. The van der Waals surface area contributed by atoms with Crippen molar-refractivity contribution in [3.05, 3.63) is 35.4 Å². The van der Waals surface area contributed by atoms with Crippen molar-refractivity contribution in [1.82, 2.24) is 4.90 Å². The molecular weight excluding hydrogens is 202 g/mol. The van der Waals surface area contributed by atoms with Crippen LogP contribution >= 0.6 is 0 Å². The Morgan fingerprint density at radius 2 is 2.06 bits per heavy atom.